The number of benzene rings is 2. The lowest BCUT2D eigenvalue weighted by Crippen LogP contribution is -1.97. The molecule has 0 aliphatic carbocycles. The van der Waals surface area contributed by atoms with Crippen LogP contribution in [0.2, 0.25) is 0 Å². The predicted octanol–water partition coefficient (Wildman–Crippen LogP) is 5.22. The number of anilines is 2. The average Bonchev–Trinajstić information content (AvgIpc) is 3.07. The van der Waals surface area contributed by atoms with Crippen molar-refractivity contribution in [3.05, 3.63) is 90.5 Å². The highest BCUT2D eigenvalue weighted by Gasteiger charge is 2.18. The SMILES string of the molecule is Cc1ccc(Nc2nc(C)c(C(=O)C=Cc3ccc([N+](=O)[O-])cc3)s2)c([N+](=O)[O-])c1. The summed E-state index contributed by atoms with van der Waals surface area (Å²) in [6.07, 6.45) is 2.92. The summed E-state index contributed by atoms with van der Waals surface area (Å²) in [5, 5.41) is 25.2. The smallest absolute Gasteiger partial charge is 0.292 e. The Morgan fingerprint density at radius 1 is 1.07 bits per heavy atom. The number of nitro groups is 2. The Kier molecular flexibility index (Phi) is 5.98. The second-order valence-corrected chi connectivity index (χ2v) is 7.38. The van der Waals surface area contributed by atoms with Crippen LogP contribution >= 0.6 is 11.3 Å². The standard InChI is InChI=1S/C20H16N4O5S/c1-12-3-9-16(17(11-12)24(28)29)22-20-21-13(2)19(30-20)18(25)10-6-14-4-7-15(8-5-14)23(26)27/h3-11H,1-2H3,(H,21,22). The van der Waals surface area contributed by atoms with Crippen molar-refractivity contribution < 1.29 is 14.6 Å². The van der Waals surface area contributed by atoms with Crippen LogP contribution in [0.1, 0.15) is 26.5 Å². The lowest BCUT2D eigenvalue weighted by atomic mass is 10.1. The number of aryl methyl sites for hydroxylation is 2. The molecule has 3 rings (SSSR count). The first-order valence-electron chi connectivity index (χ1n) is 8.71. The number of non-ortho nitro benzene ring substituents is 1. The normalized spacial score (nSPS) is 10.9. The third kappa shape index (κ3) is 4.73. The molecule has 10 heteroatoms. The zero-order valence-corrected chi connectivity index (χ0v) is 16.8. The Morgan fingerprint density at radius 3 is 2.40 bits per heavy atom. The van der Waals surface area contributed by atoms with Crippen molar-refractivity contribution in [3.63, 3.8) is 0 Å². The maximum absolute atomic E-state index is 12.5. The molecule has 0 spiro atoms. The second kappa shape index (κ2) is 8.62. The molecule has 1 N–H and O–H groups in total. The summed E-state index contributed by atoms with van der Waals surface area (Å²) < 4.78 is 0. The molecular weight excluding hydrogens is 408 g/mol. The van der Waals surface area contributed by atoms with Gasteiger partial charge in [-0.3, -0.25) is 25.0 Å². The zero-order chi connectivity index (χ0) is 21.8. The molecule has 0 aliphatic rings. The lowest BCUT2D eigenvalue weighted by molar-refractivity contribution is -0.384. The molecule has 30 heavy (non-hydrogen) atoms. The number of carbonyl (C=O) groups is 1. The number of hydrogen-bond donors (Lipinski definition) is 1. The zero-order valence-electron chi connectivity index (χ0n) is 16.0. The monoisotopic (exact) mass is 424 g/mol. The molecule has 1 aromatic heterocycles. The number of hydrogen-bond acceptors (Lipinski definition) is 8. The van der Waals surface area contributed by atoms with Crippen molar-refractivity contribution in [3.8, 4) is 0 Å². The first-order chi connectivity index (χ1) is 14.2. The molecule has 152 valence electrons. The number of rotatable bonds is 7. The Labute approximate surface area is 175 Å². The van der Waals surface area contributed by atoms with Gasteiger partial charge in [0.15, 0.2) is 10.9 Å². The minimum absolute atomic E-state index is 0.0299. The molecule has 1 heterocycles. The number of nitrogens with zero attached hydrogens (tertiary/aromatic N) is 3. The Hall–Kier alpha value is -3.92. The van der Waals surface area contributed by atoms with E-state index in [1.165, 1.54) is 24.3 Å². The summed E-state index contributed by atoms with van der Waals surface area (Å²) in [7, 11) is 0. The number of ketones is 1. The van der Waals surface area contributed by atoms with Gasteiger partial charge in [-0.25, -0.2) is 4.98 Å². The number of nitrogens with one attached hydrogen (secondary N) is 1. The average molecular weight is 424 g/mol. The van der Waals surface area contributed by atoms with Crippen molar-refractivity contribution in [1.29, 1.82) is 0 Å². The van der Waals surface area contributed by atoms with E-state index in [4.69, 9.17) is 0 Å². The van der Waals surface area contributed by atoms with Crippen LogP contribution in [0.15, 0.2) is 48.5 Å². The molecule has 0 atom stereocenters. The number of aromatic nitrogens is 1. The summed E-state index contributed by atoms with van der Waals surface area (Å²) in [6.45, 7) is 3.44. The van der Waals surface area contributed by atoms with Gasteiger partial charge in [-0.1, -0.05) is 23.5 Å². The fourth-order valence-corrected chi connectivity index (χ4v) is 3.55. The van der Waals surface area contributed by atoms with Crippen LogP contribution in [0.5, 0.6) is 0 Å². The van der Waals surface area contributed by atoms with Crippen LogP contribution in [0.3, 0.4) is 0 Å². The minimum atomic E-state index is -0.494. The molecule has 0 aliphatic heterocycles. The van der Waals surface area contributed by atoms with Crippen LogP contribution in [0, 0.1) is 34.1 Å². The second-order valence-electron chi connectivity index (χ2n) is 6.38. The van der Waals surface area contributed by atoms with Crippen LogP contribution in [-0.4, -0.2) is 20.6 Å². The van der Waals surface area contributed by atoms with Crippen LogP contribution in [0.4, 0.5) is 22.2 Å². The first-order valence-corrected chi connectivity index (χ1v) is 9.52. The number of thiazole rings is 1. The van der Waals surface area contributed by atoms with Crippen LogP contribution in [-0.2, 0) is 0 Å². The van der Waals surface area contributed by atoms with Gasteiger partial charge >= 0.3 is 0 Å². The molecule has 0 saturated carbocycles. The summed E-state index contributed by atoms with van der Waals surface area (Å²) in [6, 6.07) is 10.6. The maximum atomic E-state index is 12.5. The van der Waals surface area contributed by atoms with E-state index in [1.807, 2.05) is 0 Å². The predicted molar refractivity (Wildman–Crippen MR) is 114 cm³/mol. The van der Waals surface area contributed by atoms with Gasteiger partial charge < -0.3 is 5.32 Å². The van der Waals surface area contributed by atoms with Crippen LogP contribution in [0.25, 0.3) is 6.08 Å². The van der Waals surface area contributed by atoms with E-state index in [0.717, 1.165) is 16.9 Å². The van der Waals surface area contributed by atoms with Crippen molar-refractivity contribution in [2.75, 3.05) is 5.32 Å². The Balaban J connectivity index is 1.78. The van der Waals surface area contributed by atoms with Gasteiger partial charge in [-0.2, -0.15) is 0 Å². The summed E-state index contributed by atoms with van der Waals surface area (Å²) in [5.74, 6) is -0.283. The van der Waals surface area contributed by atoms with Gasteiger partial charge in [-0.15, -0.1) is 0 Å². The third-order valence-corrected chi connectivity index (χ3v) is 5.23. The van der Waals surface area contributed by atoms with E-state index in [0.29, 0.717) is 27.0 Å². The maximum Gasteiger partial charge on any atom is 0.292 e. The van der Waals surface area contributed by atoms with E-state index in [-0.39, 0.29) is 17.2 Å². The van der Waals surface area contributed by atoms with Gasteiger partial charge in [0.1, 0.15) is 5.69 Å². The van der Waals surface area contributed by atoms with Crippen molar-refractivity contribution in [2.24, 2.45) is 0 Å². The van der Waals surface area contributed by atoms with Gasteiger partial charge in [0.2, 0.25) is 0 Å². The van der Waals surface area contributed by atoms with E-state index in [9.17, 15) is 25.0 Å². The molecule has 0 saturated heterocycles. The fourth-order valence-electron chi connectivity index (χ4n) is 2.65. The molecule has 0 amide bonds. The van der Waals surface area contributed by atoms with E-state index >= 15 is 0 Å². The summed E-state index contributed by atoms with van der Waals surface area (Å²) >= 11 is 1.09. The Bertz CT molecular complexity index is 1170. The highest BCUT2D eigenvalue weighted by atomic mass is 32.1. The third-order valence-electron chi connectivity index (χ3n) is 4.14. The van der Waals surface area contributed by atoms with Crippen molar-refractivity contribution in [2.45, 2.75) is 13.8 Å². The molecular formula is C20H16N4O5S. The van der Waals surface area contributed by atoms with E-state index in [2.05, 4.69) is 10.3 Å². The number of nitro benzene ring substituents is 2. The fraction of sp³-hybridized carbons (Fsp3) is 0.100. The molecule has 3 aromatic rings. The molecule has 0 radical (unpaired) electrons. The first kappa shape index (κ1) is 20.8. The van der Waals surface area contributed by atoms with Gasteiger partial charge in [0.05, 0.1) is 20.4 Å². The largest absolute Gasteiger partial charge is 0.326 e. The van der Waals surface area contributed by atoms with Crippen molar-refractivity contribution in [1.82, 2.24) is 4.98 Å². The number of carbonyl (C=O) groups excluding carboxylic acids is 1. The molecule has 0 unspecified atom stereocenters. The van der Waals surface area contributed by atoms with Gasteiger partial charge in [0, 0.05) is 18.2 Å². The van der Waals surface area contributed by atoms with E-state index in [1.54, 1.807) is 44.2 Å². The highest BCUT2D eigenvalue weighted by molar-refractivity contribution is 7.17. The quantitative estimate of drug-likeness (QED) is 0.238. The molecule has 0 bridgehead atoms. The minimum Gasteiger partial charge on any atom is -0.326 e. The summed E-state index contributed by atoms with van der Waals surface area (Å²) in [5.41, 5.74) is 2.08. The topological polar surface area (TPSA) is 128 Å². The highest BCUT2D eigenvalue weighted by Crippen LogP contribution is 2.32. The molecule has 0 fully saturated rings. The van der Waals surface area contributed by atoms with Crippen molar-refractivity contribution >= 4 is 45.4 Å². The number of allylic oxidation sites excluding steroid dienone is 1. The Morgan fingerprint density at radius 2 is 1.77 bits per heavy atom. The van der Waals surface area contributed by atoms with Crippen LogP contribution < -0.4 is 5.32 Å². The lowest BCUT2D eigenvalue weighted by Gasteiger charge is -2.04. The molecule has 2 aromatic carbocycles. The van der Waals surface area contributed by atoms with Gasteiger partial charge in [0.25, 0.3) is 11.4 Å². The molecule has 9 nitrogen and oxygen atoms in total. The summed E-state index contributed by atoms with van der Waals surface area (Å²) in [4.78, 5) is 38.2. The van der Waals surface area contributed by atoms with Gasteiger partial charge in [-0.05, 0) is 49.2 Å². The van der Waals surface area contributed by atoms with E-state index < -0.39 is 9.85 Å².